The molecule has 7 heteroatoms. The van der Waals surface area contributed by atoms with Gasteiger partial charge < -0.3 is 25.0 Å². The molecule has 31 heavy (non-hydrogen) atoms. The lowest BCUT2D eigenvalue weighted by Crippen LogP contribution is -2.54. The number of hydrogen-bond donors (Lipinski definition) is 3. The number of ether oxygens (including phenoxy) is 1. The summed E-state index contributed by atoms with van der Waals surface area (Å²) in [6, 6.07) is 0. The van der Waals surface area contributed by atoms with E-state index in [4.69, 9.17) is 4.74 Å². The Kier molecular flexibility index (Phi) is 3.86. The molecule has 1 amide bonds. The van der Waals surface area contributed by atoms with E-state index in [2.05, 4.69) is 6.58 Å². The number of carbonyl (C=O) groups excluding carboxylic acids is 2. The van der Waals surface area contributed by atoms with Crippen LogP contribution < -0.4 is 0 Å². The van der Waals surface area contributed by atoms with E-state index >= 15 is 0 Å². The SMILES string of the molecule is C=C1C[C@]23C[C@@]1(O)CC[C@H]2C1=C[C@H]2OC(=O)[C@@](C)([C@H]1[C@@H]3C(=O)N1CCC(O)CC1)[C@H]2O. The van der Waals surface area contributed by atoms with Gasteiger partial charge in [0, 0.05) is 19.0 Å². The molecule has 0 aromatic carbocycles. The molecule has 3 N–H and O–H groups in total. The number of aliphatic hydroxyl groups excluding tert-OH is 2. The molecule has 168 valence electrons. The van der Waals surface area contributed by atoms with Gasteiger partial charge in [0.25, 0.3) is 0 Å². The van der Waals surface area contributed by atoms with E-state index in [-0.39, 0.29) is 17.9 Å². The monoisotopic (exact) mass is 429 g/mol. The second-order valence-electron chi connectivity index (χ2n) is 11.1. The molecule has 5 fully saturated rings. The first kappa shape index (κ1) is 19.9. The number of esters is 1. The van der Waals surface area contributed by atoms with Crippen molar-refractivity contribution in [3.8, 4) is 0 Å². The zero-order valence-corrected chi connectivity index (χ0v) is 17.9. The van der Waals surface area contributed by atoms with Gasteiger partial charge in [-0.2, -0.15) is 0 Å². The van der Waals surface area contributed by atoms with Crippen molar-refractivity contribution in [1.82, 2.24) is 4.90 Å². The number of piperidine rings is 1. The zero-order valence-electron chi connectivity index (χ0n) is 17.9. The van der Waals surface area contributed by atoms with Crippen LogP contribution in [0.4, 0.5) is 0 Å². The van der Waals surface area contributed by atoms with E-state index in [1.807, 2.05) is 11.0 Å². The highest BCUT2D eigenvalue weighted by atomic mass is 16.6. The van der Waals surface area contributed by atoms with Gasteiger partial charge in [0.1, 0.15) is 17.6 Å². The third-order valence-electron chi connectivity index (χ3n) is 9.73. The molecule has 4 aliphatic carbocycles. The second-order valence-corrected chi connectivity index (χ2v) is 11.1. The smallest absolute Gasteiger partial charge is 0.315 e. The molecule has 0 radical (unpaired) electrons. The topological polar surface area (TPSA) is 107 Å². The van der Waals surface area contributed by atoms with Crippen LogP contribution in [0.5, 0.6) is 0 Å². The number of carbonyl (C=O) groups is 2. The normalized spacial score (nSPS) is 50.8. The molecule has 7 nitrogen and oxygen atoms in total. The van der Waals surface area contributed by atoms with Crippen molar-refractivity contribution >= 4 is 11.9 Å². The van der Waals surface area contributed by atoms with E-state index in [1.165, 1.54) is 0 Å². The highest BCUT2D eigenvalue weighted by molar-refractivity contribution is 5.88. The van der Waals surface area contributed by atoms with E-state index < -0.39 is 46.4 Å². The summed E-state index contributed by atoms with van der Waals surface area (Å²) >= 11 is 0. The predicted molar refractivity (Wildman–Crippen MR) is 109 cm³/mol. The fourth-order valence-corrected chi connectivity index (χ4v) is 8.14. The lowest BCUT2D eigenvalue weighted by molar-refractivity contribution is -0.155. The average Bonchev–Trinajstić information content (AvgIpc) is 3.16. The second kappa shape index (κ2) is 6.00. The standard InChI is InChI=1S/C24H31NO6/c1-12-10-23-11-24(12,30)6-3-15(23)14-9-16-19(27)22(2,21(29)31-16)17(14)18(23)20(28)25-7-4-13(26)5-8-25/h9,13,15-19,26-27,30H,1,3-8,10-11H2,2H3/t15-,16+,17+,18+,19-,22-,23-,24-/m0/s1. The highest BCUT2D eigenvalue weighted by Gasteiger charge is 2.75. The first-order chi connectivity index (χ1) is 14.6. The van der Waals surface area contributed by atoms with Crippen molar-refractivity contribution in [2.24, 2.45) is 28.6 Å². The molecule has 6 rings (SSSR count). The van der Waals surface area contributed by atoms with Gasteiger partial charge in [-0.15, -0.1) is 0 Å². The Balaban J connectivity index is 1.50. The van der Waals surface area contributed by atoms with Crippen LogP contribution in [0.15, 0.2) is 23.8 Å². The molecule has 1 spiro atoms. The molecule has 2 heterocycles. The predicted octanol–water partition coefficient (Wildman–Crippen LogP) is 0.926. The van der Waals surface area contributed by atoms with Gasteiger partial charge in [-0.3, -0.25) is 9.59 Å². The molecular weight excluding hydrogens is 398 g/mol. The van der Waals surface area contributed by atoms with Crippen molar-refractivity contribution in [3.63, 3.8) is 0 Å². The summed E-state index contributed by atoms with van der Waals surface area (Å²) in [4.78, 5) is 28.9. The Labute approximate surface area is 181 Å². The third kappa shape index (κ3) is 2.25. The Morgan fingerprint density at radius 2 is 1.97 bits per heavy atom. The van der Waals surface area contributed by atoms with Crippen LogP contribution in [0.25, 0.3) is 0 Å². The molecule has 0 aromatic heterocycles. The maximum absolute atomic E-state index is 14.1. The number of hydrogen-bond acceptors (Lipinski definition) is 6. The van der Waals surface area contributed by atoms with Crippen LogP contribution in [0, 0.1) is 28.6 Å². The number of aliphatic hydroxyl groups is 3. The molecule has 0 unspecified atom stereocenters. The van der Waals surface area contributed by atoms with Gasteiger partial charge in [0.05, 0.1) is 17.6 Å². The fraction of sp³-hybridized carbons (Fsp3) is 0.750. The molecular formula is C24H31NO6. The Morgan fingerprint density at radius 3 is 2.68 bits per heavy atom. The van der Waals surface area contributed by atoms with Crippen LogP contribution in [0.1, 0.15) is 45.4 Å². The van der Waals surface area contributed by atoms with Crippen LogP contribution >= 0.6 is 0 Å². The van der Waals surface area contributed by atoms with Gasteiger partial charge in [0.15, 0.2) is 0 Å². The molecule has 6 aliphatic rings. The average molecular weight is 430 g/mol. The van der Waals surface area contributed by atoms with E-state index in [0.29, 0.717) is 45.2 Å². The fourth-order valence-electron chi connectivity index (χ4n) is 8.14. The summed E-state index contributed by atoms with van der Waals surface area (Å²) < 4.78 is 5.53. The van der Waals surface area contributed by atoms with Crippen molar-refractivity contribution < 1.29 is 29.6 Å². The molecule has 8 atom stereocenters. The number of amides is 1. The highest BCUT2D eigenvalue weighted by Crippen LogP contribution is 2.74. The molecule has 3 saturated carbocycles. The number of nitrogens with zero attached hydrogens (tertiary/aromatic N) is 1. The maximum Gasteiger partial charge on any atom is 0.315 e. The van der Waals surface area contributed by atoms with Crippen LogP contribution in [-0.4, -0.2) is 69.1 Å². The number of rotatable bonds is 1. The summed E-state index contributed by atoms with van der Waals surface area (Å²) in [5, 5.41) is 32.2. The summed E-state index contributed by atoms with van der Waals surface area (Å²) in [5.41, 5.74) is -0.754. The van der Waals surface area contributed by atoms with Gasteiger partial charge in [-0.05, 0) is 68.4 Å². The largest absolute Gasteiger partial charge is 0.455 e. The van der Waals surface area contributed by atoms with E-state index in [1.54, 1.807) is 6.92 Å². The molecule has 4 bridgehead atoms. The minimum absolute atomic E-state index is 0.0178. The quantitative estimate of drug-likeness (QED) is 0.423. The van der Waals surface area contributed by atoms with Crippen LogP contribution in [0.2, 0.25) is 0 Å². The lowest BCUT2D eigenvalue weighted by Gasteiger charge is -2.45. The van der Waals surface area contributed by atoms with E-state index in [9.17, 15) is 24.9 Å². The van der Waals surface area contributed by atoms with Crippen molar-refractivity contribution in [2.45, 2.75) is 69.4 Å². The first-order valence-corrected chi connectivity index (χ1v) is 11.6. The first-order valence-electron chi connectivity index (χ1n) is 11.6. The Morgan fingerprint density at radius 1 is 1.26 bits per heavy atom. The summed E-state index contributed by atoms with van der Waals surface area (Å²) in [6.07, 6.45) is 3.37. The minimum atomic E-state index is -1.17. The Bertz CT molecular complexity index is 921. The number of fused-ring (bicyclic) bond motifs is 6. The summed E-state index contributed by atoms with van der Waals surface area (Å²) in [7, 11) is 0. The van der Waals surface area contributed by atoms with Crippen molar-refractivity contribution in [2.75, 3.05) is 13.1 Å². The van der Waals surface area contributed by atoms with Gasteiger partial charge in [0.2, 0.25) is 5.91 Å². The number of allylic oxidation sites excluding steroid dienone is 1. The molecule has 2 saturated heterocycles. The Hall–Kier alpha value is -1.70. The van der Waals surface area contributed by atoms with Crippen molar-refractivity contribution in [3.05, 3.63) is 23.8 Å². The van der Waals surface area contributed by atoms with Gasteiger partial charge in [-0.25, -0.2) is 0 Å². The number of likely N-dealkylation sites (tertiary alicyclic amines) is 1. The van der Waals surface area contributed by atoms with Gasteiger partial charge in [-0.1, -0.05) is 12.2 Å². The van der Waals surface area contributed by atoms with Gasteiger partial charge >= 0.3 is 5.97 Å². The third-order valence-corrected chi connectivity index (χ3v) is 9.73. The molecule has 2 aliphatic heterocycles. The van der Waals surface area contributed by atoms with Crippen LogP contribution in [0.3, 0.4) is 0 Å². The minimum Gasteiger partial charge on any atom is -0.455 e. The maximum atomic E-state index is 14.1. The summed E-state index contributed by atoms with van der Waals surface area (Å²) in [5.74, 6) is -1.33. The summed E-state index contributed by atoms with van der Waals surface area (Å²) in [6.45, 7) is 6.91. The van der Waals surface area contributed by atoms with Crippen molar-refractivity contribution in [1.29, 1.82) is 0 Å². The van der Waals surface area contributed by atoms with E-state index in [0.717, 1.165) is 17.6 Å². The zero-order chi connectivity index (χ0) is 21.9. The molecule has 0 aromatic rings. The van der Waals surface area contributed by atoms with Crippen LogP contribution in [-0.2, 0) is 14.3 Å². The lowest BCUT2D eigenvalue weighted by atomic mass is 9.60.